The van der Waals surface area contributed by atoms with Crippen LogP contribution in [0.5, 0.6) is 0 Å². The van der Waals surface area contributed by atoms with Crippen LogP contribution in [0.3, 0.4) is 0 Å². The third kappa shape index (κ3) is 4.92. The van der Waals surface area contributed by atoms with Crippen LogP contribution in [0.25, 0.3) is 11.1 Å². The lowest BCUT2D eigenvalue weighted by molar-refractivity contribution is 0.0983. The summed E-state index contributed by atoms with van der Waals surface area (Å²) in [5, 5.41) is 3.01. The highest BCUT2D eigenvalue weighted by atomic mass is 32.2. The molecule has 6 rings (SSSR count). The number of benzene rings is 5. The lowest BCUT2D eigenvalue weighted by atomic mass is 9.93. The zero-order valence-corrected chi connectivity index (χ0v) is 23.2. The Kier molecular flexibility index (Phi) is 6.97. The van der Waals surface area contributed by atoms with Gasteiger partial charge in [-0.2, -0.15) is 0 Å². The van der Waals surface area contributed by atoms with Gasteiger partial charge in [-0.3, -0.25) is 9.59 Å². The zero-order chi connectivity index (χ0) is 27.6. The van der Waals surface area contributed by atoms with Crippen molar-refractivity contribution in [2.24, 2.45) is 0 Å². The minimum Gasteiger partial charge on any atom is -0.322 e. The molecule has 1 N–H and O–H groups in total. The molecule has 196 valence electrons. The summed E-state index contributed by atoms with van der Waals surface area (Å²) in [4.78, 5) is 31.1. The van der Waals surface area contributed by atoms with E-state index in [1.165, 1.54) is 0 Å². The number of carbonyl (C=O) groups is 2. The molecule has 0 spiro atoms. The summed E-state index contributed by atoms with van der Waals surface area (Å²) in [6.07, 6.45) is 0. The first-order valence-electron chi connectivity index (χ1n) is 13.2. The number of amides is 2. The number of para-hydroxylation sites is 1. The molecule has 0 aromatic heterocycles. The molecule has 40 heavy (non-hydrogen) atoms. The minimum absolute atomic E-state index is 0.0793. The van der Waals surface area contributed by atoms with Gasteiger partial charge >= 0.3 is 0 Å². The first-order valence-corrected chi connectivity index (χ1v) is 14.0. The number of hydrogen-bond donors (Lipinski definition) is 1. The van der Waals surface area contributed by atoms with E-state index in [1.807, 2.05) is 72.5 Å². The summed E-state index contributed by atoms with van der Waals surface area (Å²) in [5.74, 6) is -0.258. The van der Waals surface area contributed by atoms with E-state index >= 15 is 0 Å². The fourth-order valence-electron chi connectivity index (χ4n) is 5.15. The Morgan fingerprint density at radius 1 is 0.700 bits per heavy atom. The highest BCUT2D eigenvalue weighted by molar-refractivity contribution is 7.99. The third-order valence-corrected chi connectivity index (χ3v) is 8.51. The molecule has 0 aliphatic carbocycles. The van der Waals surface area contributed by atoms with Crippen LogP contribution in [0.4, 0.5) is 11.4 Å². The largest absolute Gasteiger partial charge is 0.322 e. The number of fused-ring (bicyclic) bond motifs is 2. The fraction of sp³-hybridized carbons (Fsp3) is 0.0857. The molecule has 0 saturated carbocycles. The fourth-order valence-corrected chi connectivity index (χ4v) is 6.23. The van der Waals surface area contributed by atoms with Gasteiger partial charge < -0.3 is 10.2 Å². The minimum atomic E-state index is -0.179. The van der Waals surface area contributed by atoms with Crippen molar-refractivity contribution in [3.63, 3.8) is 0 Å². The van der Waals surface area contributed by atoms with E-state index in [4.69, 9.17) is 0 Å². The van der Waals surface area contributed by atoms with E-state index in [0.29, 0.717) is 23.4 Å². The summed E-state index contributed by atoms with van der Waals surface area (Å²) < 4.78 is 0. The number of carbonyl (C=O) groups excluding carboxylic acids is 2. The van der Waals surface area contributed by atoms with Crippen LogP contribution in [-0.2, 0) is 6.54 Å². The molecule has 5 aromatic carbocycles. The van der Waals surface area contributed by atoms with Crippen molar-refractivity contribution in [1.29, 1.82) is 0 Å². The number of hydrogen-bond acceptors (Lipinski definition) is 3. The van der Waals surface area contributed by atoms with Crippen molar-refractivity contribution in [3.8, 4) is 11.1 Å². The maximum atomic E-state index is 13.8. The Hall–Kier alpha value is -4.61. The third-order valence-electron chi connectivity index (χ3n) is 7.33. The van der Waals surface area contributed by atoms with Crippen molar-refractivity contribution in [2.45, 2.75) is 30.2 Å². The maximum absolute atomic E-state index is 13.8. The topological polar surface area (TPSA) is 49.4 Å². The maximum Gasteiger partial charge on any atom is 0.258 e. The molecule has 0 atom stereocenters. The van der Waals surface area contributed by atoms with Crippen LogP contribution < -0.4 is 10.2 Å². The molecule has 0 unspecified atom stereocenters. The van der Waals surface area contributed by atoms with Crippen molar-refractivity contribution in [3.05, 3.63) is 143 Å². The van der Waals surface area contributed by atoms with Crippen molar-refractivity contribution < 1.29 is 9.59 Å². The van der Waals surface area contributed by atoms with Gasteiger partial charge in [0.1, 0.15) is 0 Å². The Bertz CT molecular complexity index is 1740. The van der Waals surface area contributed by atoms with Crippen molar-refractivity contribution >= 4 is 35.0 Å². The molecule has 0 radical (unpaired) electrons. The number of aryl methyl sites for hydroxylation is 1. The van der Waals surface area contributed by atoms with Gasteiger partial charge in [0, 0.05) is 26.6 Å². The van der Waals surface area contributed by atoms with Crippen LogP contribution in [0.1, 0.15) is 37.4 Å². The molecule has 1 aliphatic heterocycles. The zero-order valence-electron chi connectivity index (χ0n) is 22.3. The smallest absolute Gasteiger partial charge is 0.258 e. The van der Waals surface area contributed by atoms with E-state index in [0.717, 1.165) is 43.3 Å². The highest BCUT2D eigenvalue weighted by Crippen LogP contribution is 2.41. The molecule has 0 fully saturated rings. The monoisotopic (exact) mass is 540 g/mol. The van der Waals surface area contributed by atoms with Gasteiger partial charge in [0.15, 0.2) is 0 Å². The average molecular weight is 541 g/mol. The molecule has 1 heterocycles. The van der Waals surface area contributed by atoms with Gasteiger partial charge in [0.2, 0.25) is 0 Å². The van der Waals surface area contributed by atoms with Gasteiger partial charge in [0.05, 0.1) is 12.2 Å². The number of nitrogens with one attached hydrogen (secondary N) is 1. The Labute approximate surface area is 238 Å². The molecule has 0 saturated heterocycles. The van der Waals surface area contributed by atoms with Crippen LogP contribution in [0, 0.1) is 13.8 Å². The van der Waals surface area contributed by atoms with Crippen LogP contribution in [-0.4, -0.2) is 11.8 Å². The van der Waals surface area contributed by atoms with Crippen LogP contribution in [0.15, 0.2) is 125 Å². The van der Waals surface area contributed by atoms with Gasteiger partial charge in [-0.25, -0.2) is 0 Å². The normalized spacial score (nSPS) is 12.2. The predicted molar refractivity (Wildman–Crippen MR) is 163 cm³/mol. The Morgan fingerprint density at radius 2 is 1.38 bits per heavy atom. The number of anilines is 2. The van der Waals surface area contributed by atoms with Crippen molar-refractivity contribution in [2.75, 3.05) is 10.2 Å². The van der Waals surface area contributed by atoms with Crippen LogP contribution in [0.2, 0.25) is 0 Å². The Balaban J connectivity index is 1.23. The first-order chi connectivity index (χ1) is 19.5. The van der Waals surface area contributed by atoms with Gasteiger partial charge in [-0.1, -0.05) is 78.5 Å². The summed E-state index contributed by atoms with van der Waals surface area (Å²) in [6.45, 7) is 4.55. The number of rotatable bonds is 4. The standard InChI is InChI=1S/C35H28N2O2S/c1-23-10-3-5-12-28(23)29-13-9-14-30(24(29)2)34(38)36-27-20-18-25(19-21-27)35(39)37-22-26-11-4-7-16-32(26)40-33-17-8-6-15-31(33)37/h3-21H,22H2,1-2H3,(H,36,38). The number of nitrogens with zero attached hydrogens (tertiary/aromatic N) is 1. The molecule has 1 aliphatic rings. The SMILES string of the molecule is Cc1ccccc1-c1cccc(C(=O)Nc2ccc(C(=O)N3Cc4ccccc4Sc4ccccc43)cc2)c1C. The summed E-state index contributed by atoms with van der Waals surface area (Å²) in [7, 11) is 0. The van der Waals surface area contributed by atoms with E-state index in [2.05, 4.69) is 42.6 Å². The summed E-state index contributed by atoms with van der Waals surface area (Å²) >= 11 is 1.69. The Morgan fingerprint density at radius 3 is 2.17 bits per heavy atom. The van der Waals surface area contributed by atoms with Gasteiger partial charge in [-0.05, 0) is 90.2 Å². The molecular weight excluding hydrogens is 512 g/mol. The molecule has 2 amide bonds. The molecular formula is C35H28N2O2S. The second kappa shape index (κ2) is 10.9. The van der Waals surface area contributed by atoms with Crippen molar-refractivity contribution in [1.82, 2.24) is 0 Å². The molecule has 0 bridgehead atoms. The predicted octanol–water partition coefficient (Wildman–Crippen LogP) is 8.53. The summed E-state index contributed by atoms with van der Waals surface area (Å²) in [6, 6.07) is 37.3. The van der Waals surface area contributed by atoms with Gasteiger partial charge in [0.25, 0.3) is 11.8 Å². The second-order valence-electron chi connectivity index (χ2n) is 9.89. The van der Waals surface area contributed by atoms with E-state index in [9.17, 15) is 9.59 Å². The average Bonchev–Trinajstić information content (AvgIpc) is 3.14. The van der Waals surface area contributed by atoms with Crippen LogP contribution >= 0.6 is 11.8 Å². The second-order valence-corrected chi connectivity index (χ2v) is 11.0. The summed E-state index contributed by atoms with van der Waals surface area (Å²) in [5.41, 5.74) is 8.10. The highest BCUT2D eigenvalue weighted by Gasteiger charge is 2.25. The quantitative estimate of drug-likeness (QED) is 0.248. The lowest BCUT2D eigenvalue weighted by Crippen LogP contribution is -2.30. The molecule has 5 heteroatoms. The molecule has 5 aromatic rings. The van der Waals surface area contributed by atoms with E-state index < -0.39 is 0 Å². The first kappa shape index (κ1) is 25.7. The van der Waals surface area contributed by atoms with Gasteiger partial charge in [-0.15, -0.1) is 0 Å². The van der Waals surface area contributed by atoms with E-state index in [1.54, 1.807) is 36.0 Å². The van der Waals surface area contributed by atoms with E-state index in [-0.39, 0.29) is 11.8 Å². The molecule has 4 nitrogen and oxygen atoms in total. The lowest BCUT2D eigenvalue weighted by Gasteiger charge is -2.23.